The lowest BCUT2D eigenvalue weighted by Crippen LogP contribution is -2.41. The first-order chi connectivity index (χ1) is 9.63. The molecule has 0 bridgehead atoms. The third kappa shape index (κ3) is 4.58. The Kier molecular flexibility index (Phi) is 6.06. The highest BCUT2D eigenvalue weighted by atomic mass is 16.7. The second-order valence-electron chi connectivity index (χ2n) is 6.69. The highest BCUT2D eigenvalue weighted by Gasteiger charge is 2.51. The number of hydrogen-bond donors (Lipinski definition) is 0. The summed E-state index contributed by atoms with van der Waals surface area (Å²) >= 11 is 0. The molecule has 0 aliphatic carbocycles. The zero-order chi connectivity index (χ0) is 16.3. The van der Waals surface area contributed by atoms with Gasteiger partial charge in [-0.05, 0) is 40.5 Å². The zero-order valence-electron chi connectivity index (χ0n) is 14.5. The van der Waals surface area contributed by atoms with Crippen molar-refractivity contribution in [3.8, 4) is 0 Å². The first kappa shape index (κ1) is 18.2. The van der Waals surface area contributed by atoms with Crippen molar-refractivity contribution in [1.29, 1.82) is 0 Å². The van der Waals surface area contributed by atoms with E-state index in [0.29, 0.717) is 24.4 Å². The van der Waals surface area contributed by atoms with Gasteiger partial charge >= 0.3 is 13.1 Å². The molecule has 1 atom stereocenters. The van der Waals surface area contributed by atoms with Crippen LogP contribution in [-0.4, -0.2) is 30.9 Å². The van der Waals surface area contributed by atoms with E-state index < -0.39 is 7.12 Å². The molecule has 4 nitrogen and oxygen atoms in total. The lowest BCUT2D eigenvalue weighted by atomic mass is 9.79. The Morgan fingerprint density at radius 2 is 1.71 bits per heavy atom. The van der Waals surface area contributed by atoms with Gasteiger partial charge in [-0.1, -0.05) is 26.3 Å². The van der Waals surface area contributed by atoms with Crippen LogP contribution in [0.25, 0.3) is 0 Å². The molecular formula is C16H29BO4. The molecule has 0 aromatic carbocycles. The largest absolute Gasteiger partial charge is 0.463 e. The van der Waals surface area contributed by atoms with Crippen molar-refractivity contribution >= 4 is 13.1 Å². The van der Waals surface area contributed by atoms with E-state index in [4.69, 9.17) is 14.0 Å². The van der Waals surface area contributed by atoms with Crippen molar-refractivity contribution in [3.63, 3.8) is 0 Å². The molecule has 1 fully saturated rings. The summed E-state index contributed by atoms with van der Waals surface area (Å²) in [6.07, 6.45) is 3.38. The van der Waals surface area contributed by atoms with Crippen LogP contribution >= 0.6 is 0 Å². The molecular weight excluding hydrogens is 267 g/mol. The molecule has 1 aliphatic rings. The van der Waals surface area contributed by atoms with Crippen molar-refractivity contribution in [2.75, 3.05) is 6.61 Å². The Hall–Kier alpha value is -0.805. The topological polar surface area (TPSA) is 44.8 Å². The molecule has 21 heavy (non-hydrogen) atoms. The fraction of sp³-hybridized carbons (Fsp3) is 0.812. The van der Waals surface area contributed by atoms with Crippen LogP contribution in [0.2, 0.25) is 6.32 Å². The van der Waals surface area contributed by atoms with Crippen LogP contribution in [0.1, 0.15) is 54.9 Å². The molecule has 1 unspecified atom stereocenters. The number of carbonyl (C=O) groups is 1. The van der Waals surface area contributed by atoms with Gasteiger partial charge in [0.05, 0.1) is 17.8 Å². The Balaban J connectivity index is 2.84. The summed E-state index contributed by atoms with van der Waals surface area (Å²) < 4.78 is 17.1. The summed E-state index contributed by atoms with van der Waals surface area (Å²) in [6.45, 7) is 14.4. The summed E-state index contributed by atoms with van der Waals surface area (Å²) in [7, 11) is -0.408. The van der Waals surface area contributed by atoms with Crippen LogP contribution in [0.5, 0.6) is 0 Å². The maximum Gasteiger partial charge on any atom is 0.462 e. The Morgan fingerprint density at radius 3 is 2.14 bits per heavy atom. The summed E-state index contributed by atoms with van der Waals surface area (Å²) in [4.78, 5) is 12.1. The SMILES string of the molecule is CCOC(=O)/C(=C/C(C)CC)CB1OC(C)(C)C(C)(C)O1. The molecule has 0 amide bonds. The minimum absolute atomic E-state index is 0.271. The third-order valence-corrected chi connectivity index (χ3v) is 4.36. The number of carbonyl (C=O) groups excluding carboxylic acids is 1. The number of esters is 1. The monoisotopic (exact) mass is 296 g/mol. The minimum Gasteiger partial charge on any atom is -0.463 e. The molecule has 0 radical (unpaired) electrons. The maximum absolute atomic E-state index is 12.1. The fourth-order valence-electron chi connectivity index (χ4n) is 2.13. The average molecular weight is 296 g/mol. The minimum atomic E-state index is -0.408. The number of allylic oxidation sites excluding steroid dienone is 1. The van der Waals surface area contributed by atoms with Crippen molar-refractivity contribution in [2.24, 2.45) is 5.92 Å². The fourth-order valence-corrected chi connectivity index (χ4v) is 2.13. The average Bonchev–Trinajstić information content (AvgIpc) is 2.56. The van der Waals surface area contributed by atoms with E-state index in [2.05, 4.69) is 13.8 Å². The van der Waals surface area contributed by atoms with E-state index in [1.807, 2.05) is 40.7 Å². The number of ether oxygens (including phenoxy) is 1. The Labute approximate surface area is 129 Å². The molecule has 0 spiro atoms. The molecule has 0 N–H and O–H groups in total. The van der Waals surface area contributed by atoms with E-state index in [1.165, 1.54) is 0 Å². The molecule has 120 valence electrons. The van der Waals surface area contributed by atoms with Gasteiger partial charge in [0, 0.05) is 11.9 Å². The van der Waals surface area contributed by atoms with Crippen LogP contribution in [0.15, 0.2) is 11.6 Å². The highest BCUT2D eigenvalue weighted by molar-refractivity contribution is 6.47. The van der Waals surface area contributed by atoms with Crippen molar-refractivity contribution in [3.05, 3.63) is 11.6 Å². The summed E-state index contributed by atoms with van der Waals surface area (Å²) in [5.74, 6) is 0.0549. The van der Waals surface area contributed by atoms with E-state index in [0.717, 1.165) is 6.42 Å². The normalized spacial score (nSPS) is 22.2. The second kappa shape index (κ2) is 6.97. The molecule has 0 aromatic heterocycles. The van der Waals surface area contributed by atoms with Crippen LogP contribution in [-0.2, 0) is 18.8 Å². The van der Waals surface area contributed by atoms with Gasteiger partial charge in [-0.3, -0.25) is 0 Å². The van der Waals surface area contributed by atoms with Crippen LogP contribution in [0, 0.1) is 5.92 Å². The first-order valence-electron chi connectivity index (χ1n) is 7.86. The lowest BCUT2D eigenvalue weighted by molar-refractivity contribution is -0.138. The molecule has 1 rings (SSSR count). The zero-order valence-corrected chi connectivity index (χ0v) is 14.5. The Morgan fingerprint density at radius 1 is 1.19 bits per heavy atom. The van der Waals surface area contributed by atoms with Gasteiger partial charge in [0.15, 0.2) is 0 Å². The quantitative estimate of drug-likeness (QED) is 0.426. The standard InChI is InChI=1S/C16H29BO4/c1-8-12(3)10-13(14(18)19-9-2)11-17-20-15(4,5)16(6,7)21-17/h10,12H,8-9,11H2,1-7H3/b13-10+. The molecule has 1 aliphatic heterocycles. The smallest absolute Gasteiger partial charge is 0.462 e. The molecule has 1 heterocycles. The van der Waals surface area contributed by atoms with Gasteiger partial charge in [0.1, 0.15) is 0 Å². The number of hydrogen-bond acceptors (Lipinski definition) is 4. The first-order valence-corrected chi connectivity index (χ1v) is 7.86. The lowest BCUT2D eigenvalue weighted by Gasteiger charge is -2.32. The van der Waals surface area contributed by atoms with E-state index in [9.17, 15) is 4.79 Å². The van der Waals surface area contributed by atoms with Crippen LogP contribution < -0.4 is 0 Å². The van der Waals surface area contributed by atoms with Gasteiger partial charge in [0.25, 0.3) is 0 Å². The van der Waals surface area contributed by atoms with Gasteiger partial charge in [0.2, 0.25) is 0 Å². The summed E-state index contributed by atoms with van der Waals surface area (Å²) in [6, 6.07) is 0. The Bertz CT molecular complexity index is 385. The predicted molar refractivity (Wildman–Crippen MR) is 85.1 cm³/mol. The summed E-state index contributed by atoms with van der Waals surface area (Å²) in [5.41, 5.74) is -0.119. The van der Waals surface area contributed by atoms with E-state index in [1.54, 1.807) is 0 Å². The van der Waals surface area contributed by atoms with E-state index in [-0.39, 0.29) is 17.2 Å². The summed E-state index contributed by atoms with van der Waals surface area (Å²) in [5, 5.41) is 0. The van der Waals surface area contributed by atoms with Crippen molar-refractivity contribution in [1.82, 2.24) is 0 Å². The molecule has 0 saturated carbocycles. The van der Waals surface area contributed by atoms with Gasteiger partial charge < -0.3 is 14.0 Å². The maximum atomic E-state index is 12.1. The van der Waals surface area contributed by atoms with Gasteiger partial charge in [-0.15, -0.1) is 0 Å². The highest BCUT2D eigenvalue weighted by Crippen LogP contribution is 2.38. The molecule has 5 heteroatoms. The molecule has 0 aromatic rings. The predicted octanol–water partition coefficient (Wildman–Crippen LogP) is 3.61. The van der Waals surface area contributed by atoms with Crippen molar-refractivity contribution < 1.29 is 18.8 Å². The van der Waals surface area contributed by atoms with Gasteiger partial charge in [-0.2, -0.15) is 0 Å². The van der Waals surface area contributed by atoms with Crippen molar-refractivity contribution in [2.45, 2.75) is 72.4 Å². The van der Waals surface area contributed by atoms with Crippen LogP contribution in [0.3, 0.4) is 0 Å². The third-order valence-electron chi connectivity index (χ3n) is 4.36. The van der Waals surface area contributed by atoms with Gasteiger partial charge in [-0.25, -0.2) is 4.79 Å². The second-order valence-corrected chi connectivity index (χ2v) is 6.69. The number of rotatable bonds is 6. The van der Waals surface area contributed by atoms with E-state index >= 15 is 0 Å². The van der Waals surface area contributed by atoms with Crippen LogP contribution in [0.4, 0.5) is 0 Å². The molecule has 1 saturated heterocycles.